The molecule has 1 unspecified atom stereocenters. The van der Waals surface area contributed by atoms with Gasteiger partial charge in [0.2, 0.25) is 0 Å². The maximum Gasteiger partial charge on any atom is 0.406 e. The van der Waals surface area contributed by atoms with E-state index in [9.17, 15) is 22.8 Å². The van der Waals surface area contributed by atoms with Crippen molar-refractivity contribution in [3.05, 3.63) is 0 Å². The summed E-state index contributed by atoms with van der Waals surface area (Å²) >= 11 is 0. The first-order valence-electron chi connectivity index (χ1n) is 5.82. The molecule has 1 atom stereocenters. The van der Waals surface area contributed by atoms with Gasteiger partial charge in [-0.3, -0.25) is 0 Å². The molecule has 0 spiro atoms. The highest BCUT2D eigenvalue weighted by atomic mass is 19.4. The van der Waals surface area contributed by atoms with Crippen LogP contribution in [0.1, 0.15) is 34.1 Å². The highest BCUT2D eigenvalue weighted by Crippen LogP contribution is 2.19. The summed E-state index contributed by atoms with van der Waals surface area (Å²) < 4.78 is 37.1. The predicted molar refractivity (Wildman–Crippen MR) is 62.8 cm³/mol. The van der Waals surface area contributed by atoms with Crippen LogP contribution in [0, 0.1) is 0 Å². The van der Waals surface area contributed by atoms with Crippen molar-refractivity contribution < 1.29 is 27.9 Å². The average Bonchev–Trinajstić information content (AvgIpc) is 2.23. The lowest BCUT2D eigenvalue weighted by atomic mass is 9.99. The Bertz CT molecular complexity index is 345. The Labute approximate surface area is 109 Å². The van der Waals surface area contributed by atoms with Crippen LogP contribution in [0.15, 0.2) is 0 Å². The number of urea groups is 1. The van der Waals surface area contributed by atoms with Gasteiger partial charge in [0.05, 0.1) is 0 Å². The van der Waals surface area contributed by atoms with E-state index in [4.69, 9.17) is 5.11 Å². The molecule has 0 rings (SSSR count). The Balaban J connectivity index is 4.98. The number of halogens is 3. The third kappa shape index (κ3) is 5.35. The molecule has 0 heterocycles. The molecule has 112 valence electrons. The number of hydrogen-bond donors (Lipinski definition) is 2. The third-order valence-corrected chi connectivity index (χ3v) is 2.80. The number of alkyl halides is 3. The molecule has 5 nitrogen and oxygen atoms in total. The number of carboxylic acids is 1. The number of carbonyl (C=O) groups is 2. The lowest BCUT2D eigenvalue weighted by Gasteiger charge is -2.32. The number of carboxylic acid groups (broad SMARTS) is 1. The van der Waals surface area contributed by atoms with Gasteiger partial charge in [0.25, 0.3) is 0 Å². The van der Waals surface area contributed by atoms with Gasteiger partial charge in [-0.25, -0.2) is 9.59 Å². The van der Waals surface area contributed by atoms with Crippen LogP contribution in [-0.4, -0.2) is 46.3 Å². The molecular weight excluding hydrogens is 265 g/mol. The van der Waals surface area contributed by atoms with Crippen LogP contribution >= 0.6 is 0 Å². The molecule has 0 aliphatic rings. The van der Waals surface area contributed by atoms with Crippen molar-refractivity contribution in [3.63, 3.8) is 0 Å². The van der Waals surface area contributed by atoms with Crippen molar-refractivity contribution in [1.29, 1.82) is 0 Å². The fourth-order valence-electron chi connectivity index (χ4n) is 1.28. The number of aliphatic carboxylic acids is 1. The fourth-order valence-corrected chi connectivity index (χ4v) is 1.28. The molecule has 0 fully saturated rings. The van der Waals surface area contributed by atoms with Crippen LogP contribution in [0.4, 0.5) is 18.0 Å². The van der Waals surface area contributed by atoms with E-state index in [1.54, 1.807) is 0 Å². The zero-order chi connectivity index (χ0) is 15.4. The molecule has 0 saturated carbocycles. The summed E-state index contributed by atoms with van der Waals surface area (Å²) in [6.45, 7) is 4.21. The minimum atomic E-state index is -4.53. The number of rotatable bonds is 5. The predicted octanol–water partition coefficient (Wildman–Crippen LogP) is 2.22. The second-order valence-electron chi connectivity index (χ2n) is 4.76. The van der Waals surface area contributed by atoms with Crippen molar-refractivity contribution in [1.82, 2.24) is 10.2 Å². The second-order valence-corrected chi connectivity index (χ2v) is 4.76. The smallest absolute Gasteiger partial charge is 0.406 e. The van der Waals surface area contributed by atoms with Crippen LogP contribution < -0.4 is 5.32 Å². The van der Waals surface area contributed by atoms with E-state index in [1.165, 1.54) is 27.7 Å². The number of nitrogens with zero attached hydrogens (tertiary/aromatic N) is 1. The molecule has 0 aromatic rings. The largest absolute Gasteiger partial charge is 0.480 e. The molecule has 0 aromatic heterocycles. The van der Waals surface area contributed by atoms with E-state index < -0.39 is 36.3 Å². The van der Waals surface area contributed by atoms with Crippen molar-refractivity contribution in [3.8, 4) is 0 Å². The molecule has 0 aliphatic carbocycles. The third-order valence-electron chi connectivity index (χ3n) is 2.80. The normalized spacial score (nSPS) is 14.9. The van der Waals surface area contributed by atoms with Gasteiger partial charge in [-0.1, -0.05) is 6.92 Å². The summed E-state index contributed by atoms with van der Waals surface area (Å²) in [6.07, 6.45) is -4.47. The lowest BCUT2D eigenvalue weighted by molar-refractivity contribution is -0.145. The van der Waals surface area contributed by atoms with E-state index in [-0.39, 0.29) is 6.42 Å². The first-order chi connectivity index (χ1) is 8.43. The second kappa shape index (κ2) is 6.12. The van der Waals surface area contributed by atoms with E-state index in [1.807, 2.05) is 0 Å². The van der Waals surface area contributed by atoms with Gasteiger partial charge in [0, 0.05) is 6.04 Å². The molecule has 0 aliphatic heterocycles. The molecule has 0 saturated heterocycles. The number of nitrogens with one attached hydrogen (secondary N) is 1. The summed E-state index contributed by atoms with van der Waals surface area (Å²) in [4.78, 5) is 23.4. The van der Waals surface area contributed by atoms with E-state index in [0.717, 1.165) is 0 Å². The Hall–Kier alpha value is -1.47. The standard InChI is InChI=1S/C11H19F3N2O3/c1-5-10(4,8(17)18)15-9(19)16(7(2)3)6-11(12,13)14/h7H,5-6H2,1-4H3,(H,15,19)(H,17,18). The summed E-state index contributed by atoms with van der Waals surface area (Å²) in [7, 11) is 0. The first kappa shape index (κ1) is 17.5. The van der Waals surface area contributed by atoms with Gasteiger partial charge in [0.15, 0.2) is 0 Å². The maximum atomic E-state index is 12.4. The van der Waals surface area contributed by atoms with Crippen molar-refractivity contribution in [2.75, 3.05) is 6.54 Å². The van der Waals surface area contributed by atoms with Gasteiger partial charge in [-0.2, -0.15) is 13.2 Å². The Morgan fingerprint density at radius 3 is 2.05 bits per heavy atom. The summed E-state index contributed by atoms with van der Waals surface area (Å²) in [5.41, 5.74) is -1.59. The van der Waals surface area contributed by atoms with Crippen LogP contribution in [0.3, 0.4) is 0 Å². The van der Waals surface area contributed by atoms with E-state index in [2.05, 4.69) is 5.32 Å². The van der Waals surface area contributed by atoms with E-state index in [0.29, 0.717) is 4.90 Å². The van der Waals surface area contributed by atoms with Gasteiger partial charge >= 0.3 is 18.2 Å². The monoisotopic (exact) mass is 284 g/mol. The van der Waals surface area contributed by atoms with Crippen molar-refractivity contribution in [2.45, 2.75) is 51.9 Å². The van der Waals surface area contributed by atoms with E-state index >= 15 is 0 Å². The minimum absolute atomic E-state index is 0.0615. The molecular formula is C11H19F3N2O3. The molecule has 0 bridgehead atoms. The van der Waals surface area contributed by atoms with Crippen molar-refractivity contribution >= 4 is 12.0 Å². The molecule has 19 heavy (non-hydrogen) atoms. The van der Waals surface area contributed by atoms with Crippen LogP contribution in [-0.2, 0) is 4.79 Å². The SMILES string of the molecule is CCC(C)(NC(=O)N(CC(F)(F)F)C(C)C)C(=O)O. The van der Waals surface area contributed by atoms with Gasteiger partial charge in [0.1, 0.15) is 12.1 Å². The summed E-state index contributed by atoms with van der Waals surface area (Å²) in [5.74, 6) is -1.29. The highest BCUT2D eigenvalue weighted by molar-refractivity contribution is 5.86. The first-order valence-corrected chi connectivity index (χ1v) is 5.82. The highest BCUT2D eigenvalue weighted by Gasteiger charge is 2.38. The number of hydrogen-bond acceptors (Lipinski definition) is 2. The van der Waals surface area contributed by atoms with Crippen LogP contribution in [0.2, 0.25) is 0 Å². The molecule has 0 radical (unpaired) electrons. The van der Waals surface area contributed by atoms with Gasteiger partial charge in [-0.05, 0) is 27.2 Å². The van der Waals surface area contributed by atoms with Crippen LogP contribution in [0.5, 0.6) is 0 Å². The molecule has 2 amide bonds. The van der Waals surface area contributed by atoms with Gasteiger partial charge in [-0.15, -0.1) is 0 Å². The maximum absolute atomic E-state index is 12.4. The van der Waals surface area contributed by atoms with Gasteiger partial charge < -0.3 is 15.3 Å². The molecule has 0 aromatic carbocycles. The Morgan fingerprint density at radius 1 is 1.32 bits per heavy atom. The average molecular weight is 284 g/mol. The molecule has 8 heteroatoms. The Kier molecular flexibility index (Phi) is 5.64. The summed E-state index contributed by atoms with van der Waals surface area (Å²) in [6, 6.07) is -1.74. The minimum Gasteiger partial charge on any atom is -0.480 e. The quantitative estimate of drug-likeness (QED) is 0.813. The topological polar surface area (TPSA) is 69.6 Å². The number of amides is 2. The van der Waals surface area contributed by atoms with Crippen molar-refractivity contribution in [2.24, 2.45) is 0 Å². The lowest BCUT2D eigenvalue weighted by Crippen LogP contribution is -2.58. The molecule has 2 N–H and O–H groups in total. The van der Waals surface area contributed by atoms with Crippen LogP contribution in [0.25, 0.3) is 0 Å². The summed E-state index contributed by atoms with van der Waals surface area (Å²) in [5, 5.41) is 11.1. The number of carbonyl (C=O) groups excluding carboxylic acids is 1. The Morgan fingerprint density at radius 2 is 1.79 bits per heavy atom. The fraction of sp³-hybridized carbons (Fsp3) is 0.818. The zero-order valence-electron chi connectivity index (χ0n) is 11.3. The zero-order valence-corrected chi connectivity index (χ0v) is 11.3.